The minimum absolute atomic E-state index is 0.824. The van der Waals surface area contributed by atoms with E-state index in [-0.39, 0.29) is 0 Å². The van der Waals surface area contributed by atoms with Crippen molar-refractivity contribution in [1.82, 2.24) is 0 Å². The van der Waals surface area contributed by atoms with Gasteiger partial charge in [0.25, 0.3) is 0 Å². The van der Waals surface area contributed by atoms with Crippen LogP contribution in [0.15, 0.2) is 0 Å². The van der Waals surface area contributed by atoms with Crippen LogP contribution < -0.4 is 11.5 Å². The summed E-state index contributed by atoms with van der Waals surface area (Å²) in [5, 5.41) is 0. The molecule has 0 bridgehead atoms. The lowest BCUT2D eigenvalue weighted by molar-refractivity contribution is 0.524. The van der Waals surface area contributed by atoms with Crippen molar-refractivity contribution in [3.63, 3.8) is 0 Å². The molecule has 0 aromatic carbocycles. The second kappa shape index (κ2) is 10.1. The molecular formula is C14H36N2OSi2. The van der Waals surface area contributed by atoms with Crippen molar-refractivity contribution in [2.24, 2.45) is 11.5 Å². The molecule has 0 aliphatic rings. The number of hydrogen-bond donors (Lipinski definition) is 2. The van der Waals surface area contributed by atoms with E-state index in [4.69, 9.17) is 15.6 Å². The number of hydrogen-bond acceptors (Lipinski definition) is 3. The van der Waals surface area contributed by atoms with E-state index in [2.05, 4.69) is 26.2 Å². The normalized spacial score (nSPS) is 12.9. The quantitative estimate of drug-likeness (QED) is 0.427. The van der Waals surface area contributed by atoms with Gasteiger partial charge >= 0.3 is 0 Å². The van der Waals surface area contributed by atoms with Crippen molar-refractivity contribution in [2.75, 3.05) is 13.1 Å². The fraction of sp³-hybridized carbons (Fsp3) is 1.00. The first-order valence-electron chi connectivity index (χ1n) is 7.93. The van der Waals surface area contributed by atoms with Gasteiger partial charge in [0, 0.05) is 0 Å². The van der Waals surface area contributed by atoms with E-state index in [1.807, 2.05) is 0 Å². The zero-order valence-electron chi connectivity index (χ0n) is 13.6. The average Bonchev–Trinajstić information content (AvgIpc) is 2.29. The third-order valence-corrected chi connectivity index (χ3v) is 11.1. The van der Waals surface area contributed by atoms with Crippen LogP contribution in [0.5, 0.6) is 0 Å². The summed E-state index contributed by atoms with van der Waals surface area (Å²) in [5.41, 5.74) is 11.1. The molecule has 5 heteroatoms. The molecule has 0 aliphatic heterocycles. The van der Waals surface area contributed by atoms with Crippen LogP contribution in [0.1, 0.15) is 38.5 Å². The molecule has 0 unspecified atom stereocenters. The molecule has 0 saturated carbocycles. The predicted octanol–water partition coefficient (Wildman–Crippen LogP) is 3.67. The molecule has 0 atom stereocenters. The van der Waals surface area contributed by atoms with Gasteiger partial charge in [-0.1, -0.05) is 25.7 Å². The van der Waals surface area contributed by atoms with Crippen molar-refractivity contribution in [1.29, 1.82) is 0 Å². The Morgan fingerprint density at radius 3 is 1.32 bits per heavy atom. The highest BCUT2D eigenvalue weighted by molar-refractivity contribution is 6.84. The lowest BCUT2D eigenvalue weighted by Crippen LogP contribution is -2.44. The van der Waals surface area contributed by atoms with E-state index >= 15 is 0 Å². The van der Waals surface area contributed by atoms with Crippen LogP contribution in [0, 0.1) is 0 Å². The van der Waals surface area contributed by atoms with E-state index in [0.717, 1.165) is 25.9 Å². The molecule has 0 spiro atoms. The van der Waals surface area contributed by atoms with Gasteiger partial charge in [-0.2, -0.15) is 0 Å². The van der Waals surface area contributed by atoms with E-state index in [9.17, 15) is 0 Å². The van der Waals surface area contributed by atoms with Crippen molar-refractivity contribution in [3.8, 4) is 0 Å². The molecule has 0 aromatic rings. The minimum Gasteiger partial charge on any atom is -0.455 e. The number of rotatable bonds is 12. The summed E-state index contributed by atoms with van der Waals surface area (Å²) in [6, 6.07) is 2.57. The minimum atomic E-state index is -1.46. The van der Waals surface area contributed by atoms with Crippen LogP contribution in [-0.4, -0.2) is 29.7 Å². The molecule has 0 aromatic heterocycles. The van der Waals surface area contributed by atoms with Crippen LogP contribution in [-0.2, 0) is 4.12 Å². The zero-order valence-corrected chi connectivity index (χ0v) is 15.6. The lowest BCUT2D eigenvalue weighted by atomic mass is 10.2. The van der Waals surface area contributed by atoms with Crippen LogP contribution in [0.2, 0.25) is 38.3 Å². The predicted molar refractivity (Wildman–Crippen MR) is 91.5 cm³/mol. The summed E-state index contributed by atoms with van der Waals surface area (Å²) in [7, 11) is -2.92. The summed E-state index contributed by atoms with van der Waals surface area (Å²) in [5.74, 6) is 0. The fourth-order valence-electron chi connectivity index (χ4n) is 2.59. The van der Waals surface area contributed by atoms with Crippen LogP contribution in [0.25, 0.3) is 0 Å². The molecule has 0 rings (SSSR count). The Balaban J connectivity index is 3.93. The Morgan fingerprint density at radius 1 is 0.632 bits per heavy atom. The third-order valence-electron chi connectivity index (χ3n) is 3.52. The first-order chi connectivity index (χ1) is 8.83. The van der Waals surface area contributed by atoms with Gasteiger partial charge in [0.05, 0.1) is 0 Å². The Bertz CT molecular complexity index is 201. The second-order valence-corrected chi connectivity index (χ2v) is 15.7. The molecule has 0 radical (unpaired) electrons. The van der Waals surface area contributed by atoms with Gasteiger partial charge in [-0.25, -0.2) is 0 Å². The molecule has 0 saturated heterocycles. The van der Waals surface area contributed by atoms with E-state index in [1.165, 1.54) is 37.8 Å². The number of nitrogens with two attached hydrogens (primary N) is 2. The highest BCUT2D eigenvalue weighted by Crippen LogP contribution is 2.25. The van der Waals surface area contributed by atoms with Gasteiger partial charge in [-0.05, 0) is 64.2 Å². The molecule has 0 fully saturated rings. The topological polar surface area (TPSA) is 61.3 Å². The van der Waals surface area contributed by atoms with E-state index < -0.39 is 16.6 Å². The average molecular weight is 305 g/mol. The highest BCUT2D eigenvalue weighted by Gasteiger charge is 2.31. The summed E-state index contributed by atoms with van der Waals surface area (Å²) < 4.78 is 6.60. The van der Waals surface area contributed by atoms with Gasteiger partial charge in [0.1, 0.15) is 0 Å². The van der Waals surface area contributed by atoms with Gasteiger partial charge in [-0.15, -0.1) is 0 Å². The van der Waals surface area contributed by atoms with Crippen LogP contribution in [0.4, 0.5) is 0 Å². The van der Waals surface area contributed by atoms with Crippen molar-refractivity contribution in [2.45, 2.75) is 76.8 Å². The molecule has 0 heterocycles. The van der Waals surface area contributed by atoms with Gasteiger partial charge in [0.2, 0.25) is 0 Å². The standard InChI is InChI=1S/C14H36N2OSi2/c1-18(2,13-9-5-7-11-15)17-19(3,4)14-10-6-8-12-16/h5-16H2,1-4H3. The van der Waals surface area contributed by atoms with Gasteiger partial charge in [0.15, 0.2) is 16.6 Å². The summed E-state index contributed by atoms with van der Waals surface area (Å²) >= 11 is 0. The van der Waals surface area contributed by atoms with Crippen LogP contribution in [0.3, 0.4) is 0 Å². The Labute approximate surface area is 122 Å². The zero-order chi connectivity index (χ0) is 14.8. The van der Waals surface area contributed by atoms with Crippen molar-refractivity contribution < 1.29 is 4.12 Å². The smallest absolute Gasteiger partial charge is 0.173 e. The maximum absolute atomic E-state index is 6.60. The molecule has 4 N–H and O–H groups in total. The molecule has 116 valence electrons. The van der Waals surface area contributed by atoms with E-state index in [0.29, 0.717) is 0 Å². The lowest BCUT2D eigenvalue weighted by Gasteiger charge is -2.34. The van der Waals surface area contributed by atoms with Crippen LogP contribution >= 0.6 is 0 Å². The Morgan fingerprint density at radius 2 is 1.00 bits per heavy atom. The summed E-state index contributed by atoms with van der Waals surface area (Å²) in [6.07, 6.45) is 7.40. The van der Waals surface area contributed by atoms with Crippen molar-refractivity contribution in [3.05, 3.63) is 0 Å². The SMILES string of the molecule is C[Si](C)(CCCCCN)O[Si](C)(C)CCCCCN. The maximum Gasteiger partial charge on any atom is 0.173 e. The maximum atomic E-state index is 6.60. The number of unbranched alkanes of at least 4 members (excludes halogenated alkanes) is 4. The first-order valence-corrected chi connectivity index (χ1v) is 14.2. The Hall–Kier alpha value is 0.314. The molecule has 0 aliphatic carbocycles. The fourth-order valence-corrected chi connectivity index (χ4v) is 11.6. The second-order valence-electron chi connectivity index (χ2n) is 6.82. The molecule has 19 heavy (non-hydrogen) atoms. The van der Waals surface area contributed by atoms with Gasteiger partial charge < -0.3 is 15.6 Å². The largest absolute Gasteiger partial charge is 0.455 e. The molecule has 3 nitrogen and oxygen atoms in total. The summed E-state index contributed by atoms with van der Waals surface area (Å²) in [4.78, 5) is 0. The third kappa shape index (κ3) is 11.8. The highest BCUT2D eigenvalue weighted by atomic mass is 28.4. The Kier molecular flexibility index (Phi) is 10.3. The van der Waals surface area contributed by atoms with E-state index in [1.54, 1.807) is 0 Å². The van der Waals surface area contributed by atoms with Crippen molar-refractivity contribution >= 4 is 16.6 Å². The molecular weight excluding hydrogens is 268 g/mol. The monoisotopic (exact) mass is 304 g/mol. The summed E-state index contributed by atoms with van der Waals surface area (Å²) in [6.45, 7) is 11.2. The van der Waals surface area contributed by atoms with Gasteiger partial charge in [-0.3, -0.25) is 0 Å². The molecule has 0 amide bonds. The first kappa shape index (κ1) is 19.3.